The third-order valence-electron chi connectivity index (χ3n) is 4.46. The van der Waals surface area contributed by atoms with Crippen LogP contribution in [0.15, 0.2) is 58.3 Å². The number of benzene rings is 1. The molecule has 0 fully saturated rings. The van der Waals surface area contributed by atoms with Crippen LogP contribution in [0.25, 0.3) is 0 Å². The lowest BCUT2D eigenvalue weighted by molar-refractivity contribution is -0.140. The highest BCUT2D eigenvalue weighted by atomic mass is 31.2. The normalized spacial score (nSPS) is 19.4. The van der Waals surface area contributed by atoms with Crippen LogP contribution in [0.4, 0.5) is 0 Å². The van der Waals surface area contributed by atoms with E-state index < -0.39 is 37.3 Å². The molecule has 1 aromatic heterocycles. The molecule has 0 amide bonds. The Morgan fingerprint density at radius 2 is 2.00 bits per heavy atom. The Balaban J connectivity index is 1.64. The fraction of sp³-hybridized carbons (Fsp3) is 0.350. The maximum Gasteiger partial charge on any atom is 0.458 e. The number of esters is 1. The number of carbonyl (C=O) groups excluding carboxylic acids is 1. The highest BCUT2D eigenvalue weighted by Crippen LogP contribution is 2.44. The van der Waals surface area contributed by atoms with E-state index in [0.29, 0.717) is 11.3 Å². The molecule has 2 heterocycles. The Morgan fingerprint density at radius 3 is 2.72 bits per heavy atom. The van der Waals surface area contributed by atoms with Crippen molar-refractivity contribution in [1.82, 2.24) is 14.6 Å². The standard InChI is InChI=1S/C20H24N3O8P/c1-14-12-23(20(26)22-19(14)25)17-9-8-16(30-17)13-29-32(27,21-11-10-18(24)28-2)31-15-6-4-3-5-7-15/h3-9,12,16-17H,10-11,13H2,1-2H3,(H,21,27)(H,22,25,26)/t16-,17+,32?/m0/s1. The Bertz CT molecular complexity index is 1130. The maximum absolute atomic E-state index is 13.2. The fourth-order valence-electron chi connectivity index (χ4n) is 2.81. The smallest absolute Gasteiger partial charge is 0.458 e. The largest absolute Gasteiger partial charge is 0.469 e. The first-order valence-corrected chi connectivity index (χ1v) is 11.3. The van der Waals surface area contributed by atoms with Crippen LogP contribution in [0.1, 0.15) is 18.2 Å². The quantitative estimate of drug-likeness (QED) is 0.305. The molecule has 0 radical (unpaired) electrons. The van der Waals surface area contributed by atoms with Gasteiger partial charge in [0.15, 0.2) is 6.23 Å². The summed E-state index contributed by atoms with van der Waals surface area (Å²) in [6, 6.07) is 8.44. The van der Waals surface area contributed by atoms with Crippen molar-refractivity contribution in [3.8, 4) is 5.75 Å². The first-order chi connectivity index (χ1) is 15.3. The molecule has 0 spiro atoms. The highest BCUT2D eigenvalue weighted by Gasteiger charge is 2.30. The van der Waals surface area contributed by atoms with Crippen molar-refractivity contribution in [2.45, 2.75) is 25.7 Å². The zero-order chi connectivity index (χ0) is 23.1. The minimum Gasteiger partial charge on any atom is -0.469 e. The van der Waals surface area contributed by atoms with Crippen molar-refractivity contribution >= 4 is 13.7 Å². The number of rotatable bonds is 10. The highest BCUT2D eigenvalue weighted by molar-refractivity contribution is 7.52. The van der Waals surface area contributed by atoms with Crippen LogP contribution in [0.2, 0.25) is 0 Å². The molecule has 11 nitrogen and oxygen atoms in total. The third kappa shape index (κ3) is 6.27. The zero-order valence-electron chi connectivity index (χ0n) is 17.6. The van der Waals surface area contributed by atoms with Crippen LogP contribution < -0.4 is 20.9 Å². The van der Waals surface area contributed by atoms with E-state index in [9.17, 15) is 18.9 Å². The molecule has 1 aromatic carbocycles. The van der Waals surface area contributed by atoms with Gasteiger partial charge in [0.1, 0.15) is 11.9 Å². The van der Waals surface area contributed by atoms with Gasteiger partial charge >= 0.3 is 19.4 Å². The number of H-pyrrole nitrogens is 1. The number of hydrogen-bond acceptors (Lipinski definition) is 8. The molecule has 1 aliphatic heterocycles. The molecule has 0 aliphatic carbocycles. The van der Waals surface area contributed by atoms with Gasteiger partial charge in [0.05, 0.1) is 20.1 Å². The van der Waals surface area contributed by atoms with Crippen molar-refractivity contribution < 1.29 is 27.9 Å². The second-order valence-corrected chi connectivity index (χ2v) is 8.61. The Hall–Kier alpha value is -2.98. The molecule has 32 heavy (non-hydrogen) atoms. The summed E-state index contributed by atoms with van der Waals surface area (Å²) in [4.78, 5) is 37.2. The molecule has 0 bridgehead atoms. The first kappa shape index (κ1) is 23.7. The molecule has 2 aromatic rings. The van der Waals surface area contributed by atoms with Crippen LogP contribution >= 0.6 is 7.75 Å². The van der Waals surface area contributed by atoms with E-state index in [1.807, 2.05) is 0 Å². The van der Waals surface area contributed by atoms with Gasteiger partial charge in [-0.25, -0.2) is 14.4 Å². The molecule has 2 N–H and O–H groups in total. The minimum atomic E-state index is -3.86. The summed E-state index contributed by atoms with van der Waals surface area (Å²) in [7, 11) is -2.61. The van der Waals surface area contributed by atoms with Gasteiger partial charge in [-0.3, -0.25) is 23.7 Å². The molecule has 1 unspecified atom stereocenters. The summed E-state index contributed by atoms with van der Waals surface area (Å²) in [5.74, 6) is -0.160. The number of aromatic nitrogens is 2. The van der Waals surface area contributed by atoms with Crippen molar-refractivity contribution in [3.63, 3.8) is 0 Å². The van der Waals surface area contributed by atoms with Gasteiger partial charge in [-0.05, 0) is 25.1 Å². The lowest BCUT2D eigenvalue weighted by atomic mass is 10.3. The summed E-state index contributed by atoms with van der Waals surface area (Å²) < 4.78 is 35.9. The summed E-state index contributed by atoms with van der Waals surface area (Å²) >= 11 is 0. The monoisotopic (exact) mass is 465 g/mol. The Kier molecular flexibility index (Phi) is 7.81. The number of aryl methyl sites for hydroxylation is 1. The average molecular weight is 465 g/mol. The first-order valence-electron chi connectivity index (χ1n) is 9.76. The summed E-state index contributed by atoms with van der Waals surface area (Å²) in [5.41, 5.74) is -0.721. The van der Waals surface area contributed by atoms with E-state index in [-0.39, 0.29) is 19.6 Å². The number of nitrogens with one attached hydrogen (secondary N) is 2. The van der Waals surface area contributed by atoms with E-state index in [2.05, 4.69) is 14.8 Å². The van der Waals surface area contributed by atoms with Crippen LogP contribution in [0.3, 0.4) is 0 Å². The van der Waals surface area contributed by atoms with Crippen molar-refractivity contribution in [2.75, 3.05) is 20.3 Å². The van der Waals surface area contributed by atoms with E-state index in [0.717, 1.165) is 0 Å². The molecular weight excluding hydrogens is 441 g/mol. The van der Waals surface area contributed by atoms with Crippen LogP contribution in [0, 0.1) is 6.92 Å². The third-order valence-corrected chi connectivity index (χ3v) is 6.02. The molecule has 172 valence electrons. The molecule has 3 rings (SSSR count). The molecular formula is C20H24N3O8P. The fourth-order valence-corrected chi connectivity index (χ4v) is 4.15. The van der Waals surface area contributed by atoms with Gasteiger partial charge in [-0.1, -0.05) is 24.3 Å². The average Bonchev–Trinajstić information content (AvgIpc) is 3.24. The van der Waals surface area contributed by atoms with Crippen LogP contribution in [-0.2, 0) is 23.4 Å². The predicted octanol–water partition coefficient (Wildman–Crippen LogP) is 1.66. The van der Waals surface area contributed by atoms with Gasteiger partial charge in [0, 0.05) is 18.3 Å². The van der Waals surface area contributed by atoms with Crippen molar-refractivity contribution in [2.24, 2.45) is 0 Å². The Labute approximate surface area is 183 Å². The number of ether oxygens (including phenoxy) is 2. The number of hydrogen-bond donors (Lipinski definition) is 2. The number of carbonyl (C=O) groups is 1. The predicted molar refractivity (Wildman–Crippen MR) is 114 cm³/mol. The Morgan fingerprint density at radius 1 is 1.25 bits per heavy atom. The van der Waals surface area contributed by atoms with E-state index in [1.54, 1.807) is 49.4 Å². The molecule has 0 saturated heterocycles. The summed E-state index contributed by atoms with van der Waals surface area (Å²) in [6.07, 6.45) is 3.26. The van der Waals surface area contributed by atoms with Gasteiger partial charge in [-0.2, -0.15) is 0 Å². The van der Waals surface area contributed by atoms with Crippen LogP contribution in [0.5, 0.6) is 5.75 Å². The lowest BCUT2D eigenvalue weighted by Crippen LogP contribution is -2.33. The zero-order valence-corrected chi connectivity index (χ0v) is 18.4. The van der Waals surface area contributed by atoms with Crippen molar-refractivity contribution in [1.29, 1.82) is 0 Å². The minimum absolute atomic E-state index is 0.00677. The van der Waals surface area contributed by atoms with E-state index in [4.69, 9.17) is 13.8 Å². The topological polar surface area (TPSA) is 138 Å². The van der Waals surface area contributed by atoms with Gasteiger partial charge in [0.25, 0.3) is 5.56 Å². The number of methoxy groups -OCH3 is 1. The number of aromatic amines is 1. The maximum atomic E-state index is 13.2. The van der Waals surface area contributed by atoms with E-state index in [1.165, 1.54) is 17.9 Å². The van der Waals surface area contributed by atoms with Gasteiger partial charge < -0.3 is 14.0 Å². The van der Waals surface area contributed by atoms with Crippen LogP contribution in [-0.4, -0.2) is 41.9 Å². The number of para-hydroxylation sites is 1. The van der Waals surface area contributed by atoms with Crippen molar-refractivity contribution in [3.05, 3.63) is 75.1 Å². The molecule has 3 atom stereocenters. The van der Waals surface area contributed by atoms with E-state index >= 15 is 0 Å². The second-order valence-electron chi connectivity index (χ2n) is 6.86. The lowest BCUT2D eigenvalue weighted by Gasteiger charge is -2.22. The molecule has 0 saturated carbocycles. The molecule has 12 heteroatoms. The molecule has 1 aliphatic rings. The SMILES string of the molecule is COC(=O)CCNP(=O)(OC[C@@H]1C=C[C@H](n2cc(C)c(=O)[nH]c2=O)O1)Oc1ccccc1. The summed E-state index contributed by atoms with van der Waals surface area (Å²) in [6.45, 7) is 1.43. The van der Waals surface area contributed by atoms with Gasteiger partial charge in [-0.15, -0.1) is 0 Å². The summed E-state index contributed by atoms with van der Waals surface area (Å²) in [5, 5.41) is 2.64. The van der Waals surface area contributed by atoms with Gasteiger partial charge in [0.2, 0.25) is 0 Å². The number of nitrogens with zero attached hydrogens (tertiary/aromatic N) is 1. The second kappa shape index (κ2) is 10.6.